The molecule has 122 valence electrons. The molecule has 1 aromatic rings. The van der Waals surface area contributed by atoms with Gasteiger partial charge in [-0.05, 0) is 37.7 Å². The molecule has 1 atom stereocenters. The average molecular weight is 305 g/mol. The van der Waals surface area contributed by atoms with Gasteiger partial charge in [0.15, 0.2) is 0 Å². The van der Waals surface area contributed by atoms with E-state index in [1.807, 2.05) is 22.8 Å². The van der Waals surface area contributed by atoms with Crippen LogP contribution in [0.3, 0.4) is 0 Å². The first-order valence-electron chi connectivity index (χ1n) is 8.61. The van der Waals surface area contributed by atoms with Crippen LogP contribution in [0.4, 0.5) is 0 Å². The minimum atomic E-state index is -0.784. The van der Waals surface area contributed by atoms with Gasteiger partial charge >= 0.3 is 0 Å². The maximum Gasteiger partial charge on any atom is 0.251 e. The fraction of sp³-hybridized carbons (Fsp3) is 0.765. The highest BCUT2D eigenvalue weighted by molar-refractivity contribution is 5.81. The van der Waals surface area contributed by atoms with Gasteiger partial charge in [0, 0.05) is 37.9 Å². The minimum absolute atomic E-state index is 0.0460. The Labute approximate surface area is 132 Å². The molecular formula is C17H27N3O2. The smallest absolute Gasteiger partial charge is 0.251 e. The Morgan fingerprint density at radius 1 is 1.23 bits per heavy atom. The highest BCUT2D eigenvalue weighted by Gasteiger charge is 2.33. The van der Waals surface area contributed by atoms with Crippen LogP contribution >= 0.6 is 0 Å². The van der Waals surface area contributed by atoms with E-state index in [1.165, 1.54) is 12.1 Å². The zero-order valence-corrected chi connectivity index (χ0v) is 13.4. The average Bonchev–Trinajstić information content (AvgIpc) is 3.00. The molecule has 1 aromatic heterocycles. The van der Waals surface area contributed by atoms with Gasteiger partial charge in [0.25, 0.3) is 5.91 Å². The molecule has 2 heterocycles. The van der Waals surface area contributed by atoms with Gasteiger partial charge in [-0.25, -0.2) is 0 Å². The molecule has 3 rings (SSSR count). The topological polar surface area (TPSA) is 58.4 Å². The van der Waals surface area contributed by atoms with Crippen molar-refractivity contribution in [1.82, 2.24) is 14.7 Å². The van der Waals surface area contributed by atoms with E-state index >= 15 is 0 Å². The monoisotopic (exact) mass is 305 g/mol. The summed E-state index contributed by atoms with van der Waals surface area (Å²) in [5.74, 6) is 0.606. The minimum Gasteiger partial charge on any atom is -0.383 e. The Morgan fingerprint density at radius 3 is 2.50 bits per heavy atom. The van der Waals surface area contributed by atoms with Gasteiger partial charge in [-0.1, -0.05) is 19.3 Å². The maximum absolute atomic E-state index is 12.5. The first kappa shape index (κ1) is 15.5. The lowest BCUT2D eigenvalue weighted by Crippen LogP contribution is -2.46. The molecule has 1 aliphatic carbocycles. The van der Waals surface area contributed by atoms with E-state index in [-0.39, 0.29) is 11.8 Å². The molecule has 1 aliphatic heterocycles. The second kappa shape index (κ2) is 6.82. The summed E-state index contributed by atoms with van der Waals surface area (Å²) < 4.78 is 1.93. The van der Waals surface area contributed by atoms with Crippen molar-refractivity contribution in [1.29, 1.82) is 0 Å². The zero-order chi connectivity index (χ0) is 15.5. The van der Waals surface area contributed by atoms with Crippen LogP contribution in [0.1, 0.15) is 56.6 Å². The number of carbonyl (C=O) groups excluding carboxylic acids is 1. The van der Waals surface area contributed by atoms with Crippen LogP contribution in [-0.2, 0) is 11.8 Å². The molecule has 1 amide bonds. The lowest BCUT2D eigenvalue weighted by Gasteiger charge is -2.35. The maximum atomic E-state index is 12.5. The number of aromatic nitrogens is 2. The van der Waals surface area contributed by atoms with Crippen LogP contribution in [0, 0.1) is 5.92 Å². The highest BCUT2D eigenvalue weighted by atomic mass is 16.3. The Morgan fingerprint density at radius 2 is 1.91 bits per heavy atom. The number of aliphatic hydroxyl groups is 1. The summed E-state index contributed by atoms with van der Waals surface area (Å²) in [4.78, 5) is 14.4. The van der Waals surface area contributed by atoms with Gasteiger partial charge in [0.2, 0.25) is 0 Å². The number of hydrogen-bond donors (Lipinski definition) is 1. The third-order valence-electron chi connectivity index (χ3n) is 5.43. The Bertz CT molecular complexity index is 500. The molecule has 5 heteroatoms. The summed E-state index contributed by atoms with van der Waals surface area (Å²) in [5, 5.41) is 14.6. The Hall–Kier alpha value is -1.36. The van der Waals surface area contributed by atoms with Crippen LogP contribution in [-0.4, -0.2) is 44.9 Å². The second-order valence-corrected chi connectivity index (χ2v) is 6.82. The van der Waals surface area contributed by atoms with Gasteiger partial charge < -0.3 is 10.0 Å². The van der Waals surface area contributed by atoms with Crippen LogP contribution < -0.4 is 0 Å². The largest absolute Gasteiger partial charge is 0.383 e. The number of aryl methyl sites for hydroxylation is 1. The van der Waals surface area contributed by atoms with E-state index in [4.69, 9.17) is 0 Å². The van der Waals surface area contributed by atoms with Crippen molar-refractivity contribution in [3.05, 3.63) is 18.0 Å². The molecule has 1 unspecified atom stereocenters. The van der Waals surface area contributed by atoms with Crippen molar-refractivity contribution in [3.63, 3.8) is 0 Å². The molecule has 1 saturated heterocycles. The molecule has 0 aromatic carbocycles. The quantitative estimate of drug-likeness (QED) is 0.930. The number of piperidine rings is 1. The molecule has 2 fully saturated rings. The van der Waals surface area contributed by atoms with Gasteiger partial charge in [0.05, 0.1) is 0 Å². The fourth-order valence-corrected chi connectivity index (χ4v) is 4.02. The molecule has 22 heavy (non-hydrogen) atoms. The van der Waals surface area contributed by atoms with E-state index in [0.29, 0.717) is 5.92 Å². The number of aliphatic hydroxyl groups excluding tert-OH is 1. The lowest BCUT2D eigenvalue weighted by molar-refractivity contribution is -0.144. The van der Waals surface area contributed by atoms with E-state index in [9.17, 15) is 9.90 Å². The van der Waals surface area contributed by atoms with E-state index in [2.05, 4.69) is 11.2 Å². The number of amides is 1. The molecule has 5 nitrogen and oxygen atoms in total. The van der Waals surface area contributed by atoms with Crippen LogP contribution in [0.15, 0.2) is 12.3 Å². The van der Waals surface area contributed by atoms with Crippen LogP contribution in [0.2, 0.25) is 0 Å². The van der Waals surface area contributed by atoms with Gasteiger partial charge in [-0.3, -0.25) is 9.48 Å². The number of likely N-dealkylation sites (tertiary alicyclic amines) is 1. The molecule has 1 N–H and O–H groups in total. The normalized spacial score (nSPS) is 22.7. The van der Waals surface area contributed by atoms with Gasteiger partial charge in [-0.2, -0.15) is 5.10 Å². The number of carbonyl (C=O) groups is 1. The fourth-order valence-electron chi connectivity index (χ4n) is 4.02. The number of nitrogens with zero attached hydrogens (tertiary/aromatic N) is 3. The molecule has 1 saturated carbocycles. The summed E-state index contributed by atoms with van der Waals surface area (Å²) in [6, 6.07) is 2.07. The summed E-state index contributed by atoms with van der Waals surface area (Å²) in [6.45, 7) is 1.50. The number of rotatable bonds is 3. The molecule has 0 spiro atoms. The van der Waals surface area contributed by atoms with Gasteiger partial charge in [0.1, 0.15) is 6.10 Å². The lowest BCUT2D eigenvalue weighted by atomic mass is 9.84. The van der Waals surface area contributed by atoms with Crippen molar-refractivity contribution in [2.24, 2.45) is 13.0 Å². The second-order valence-electron chi connectivity index (χ2n) is 6.82. The predicted molar refractivity (Wildman–Crippen MR) is 84.3 cm³/mol. The van der Waals surface area contributed by atoms with Crippen LogP contribution in [0.5, 0.6) is 0 Å². The Balaban J connectivity index is 1.54. The van der Waals surface area contributed by atoms with Gasteiger partial charge in [-0.15, -0.1) is 0 Å². The van der Waals surface area contributed by atoms with Crippen molar-refractivity contribution in [2.45, 2.75) is 57.0 Å². The summed E-state index contributed by atoms with van der Waals surface area (Å²) in [6.07, 6.45) is 8.51. The van der Waals surface area contributed by atoms with E-state index < -0.39 is 6.10 Å². The van der Waals surface area contributed by atoms with Crippen molar-refractivity contribution < 1.29 is 9.90 Å². The molecular weight excluding hydrogens is 278 g/mol. The van der Waals surface area contributed by atoms with Crippen LogP contribution in [0.25, 0.3) is 0 Å². The first-order chi connectivity index (χ1) is 10.7. The summed E-state index contributed by atoms with van der Waals surface area (Å²) >= 11 is 0. The molecule has 0 radical (unpaired) electrons. The zero-order valence-electron chi connectivity index (χ0n) is 13.4. The summed E-state index contributed by atoms with van der Waals surface area (Å²) in [5.41, 5.74) is 1.25. The summed E-state index contributed by atoms with van der Waals surface area (Å²) in [7, 11) is 1.97. The third kappa shape index (κ3) is 3.19. The Kier molecular flexibility index (Phi) is 4.81. The predicted octanol–water partition coefficient (Wildman–Crippen LogP) is 2.07. The van der Waals surface area contributed by atoms with E-state index in [1.54, 1.807) is 0 Å². The van der Waals surface area contributed by atoms with Crippen molar-refractivity contribution in [3.8, 4) is 0 Å². The van der Waals surface area contributed by atoms with Crippen molar-refractivity contribution >= 4 is 5.91 Å². The number of hydrogen-bond acceptors (Lipinski definition) is 3. The third-order valence-corrected chi connectivity index (χ3v) is 5.43. The standard InChI is InChI=1S/C17H27N3O2/c1-19-15(7-10-18-19)13-8-11-20(12-9-13)17(22)16(21)14-5-3-2-4-6-14/h7,10,13-14,16,21H,2-6,8-9,11-12H2,1H3. The first-order valence-corrected chi connectivity index (χ1v) is 8.61. The van der Waals surface area contributed by atoms with Crippen molar-refractivity contribution in [2.75, 3.05) is 13.1 Å². The molecule has 0 bridgehead atoms. The SMILES string of the molecule is Cn1nccc1C1CCN(C(=O)C(O)C2CCCCC2)CC1. The molecule has 2 aliphatic rings. The van der Waals surface area contributed by atoms with E-state index in [0.717, 1.165) is 51.6 Å². The highest BCUT2D eigenvalue weighted by Crippen LogP contribution is 2.30.